The minimum absolute atomic E-state index is 0.0176. The van der Waals surface area contributed by atoms with Gasteiger partial charge < -0.3 is 14.4 Å². The van der Waals surface area contributed by atoms with Gasteiger partial charge in [0.25, 0.3) is 5.91 Å². The Morgan fingerprint density at radius 2 is 1.53 bits per heavy atom. The first kappa shape index (κ1) is 30.3. The van der Waals surface area contributed by atoms with Crippen LogP contribution in [0.1, 0.15) is 74.0 Å². The molecule has 2 amide bonds. The molecule has 1 fully saturated rings. The van der Waals surface area contributed by atoms with Gasteiger partial charge in [0.1, 0.15) is 12.4 Å². The summed E-state index contributed by atoms with van der Waals surface area (Å²) in [6.45, 7) is 5.19. The van der Waals surface area contributed by atoms with E-state index in [4.69, 9.17) is 0 Å². The van der Waals surface area contributed by atoms with Crippen molar-refractivity contribution in [2.45, 2.75) is 77.5 Å². The van der Waals surface area contributed by atoms with Gasteiger partial charge in [-0.2, -0.15) is 0 Å². The number of rotatable bonds is 11. The van der Waals surface area contributed by atoms with Crippen molar-refractivity contribution in [2.24, 2.45) is 0 Å². The van der Waals surface area contributed by atoms with Crippen LogP contribution in [0.15, 0.2) is 97.2 Å². The number of hydrogen-bond acceptors (Lipinski definition) is 2. The zero-order chi connectivity index (χ0) is 30.2. The second kappa shape index (κ2) is 14.3. The summed E-state index contributed by atoms with van der Waals surface area (Å²) < 4.78 is 15.6. The third-order valence-corrected chi connectivity index (χ3v) is 8.79. The normalized spacial score (nSPS) is 14.3. The molecule has 1 saturated carbocycles. The van der Waals surface area contributed by atoms with Gasteiger partial charge in [-0.1, -0.05) is 80.8 Å². The van der Waals surface area contributed by atoms with Crippen molar-refractivity contribution < 1.29 is 14.0 Å². The minimum atomic E-state index is -0.252. The maximum atomic E-state index is 14.2. The standard InChI is InChI=1S/C37H42FN3O2/c1-3-28(2)40(37(43)32-20-18-31(19-21-32)30-11-6-4-7-12-30)27-36(42)41(34-13-8-5-9-14-34)26-35-15-10-24-39(35)25-29-16-22-33(38)23-17-29/h4,6-7,10-12,15-24,28,34H,3,5,8-9,13-14,25-27H2,1-2H3. The molecular weight excluding hydrogens is 537 g/mol. The Morgan fingerprint density at radius 3 is 2.21 bits per heavy atom. The van der Waals surface area contributed by atoms with Gasteiger partial charge in [0.2, 0.25) is 5.91 Å². The molecule has 3 aromatic carbocycles. The molecule has 1 aliphatic rings. The first-order valence-electron chi connectivity index (χ1n) is 15.6. The van der Waals surface area contributed by atoms with E-state index in [2.05, 4.69) is 29.7 Å². The maximum absolute atomic E-state index is 14.2. The van der Waals surface area contributed by atoms with E-state index < -0.39 is 0 Å². The molecule has 0 radical (unpaired) electrons. The van der Waals surface area contributed by atoms with E-state index in [9.17, 15) is 14.0 Å². The molecule has 43 heavy (non-hydrogen) atoms. The van der Waals surface area contributed by atoms with E-state index >= 15 is 0 Å². The van der Waals surface area contributed by atoms with Crippen molar-refractivity contribution in [3.8, 4) is 11.1 Å². The van der Waals surface area contributed by atoms with E-state index in [0.717, 1.165) is 54.5 Å². The van der Waals surface area contributed by atoms with Crippen molar-refractivity contribution in [3.05, 3.63) is 120 Å². The van der Waals surface area contributed by atoms with Gasteiger partial charge in [0, 0.05) is 36.1 Å². The topological polar surface area (TPSA) is 45.6 Å². The van der Waals surface area contributed by atoms with Crippen LogP contribution in [0.5, 0.6) is 0 Å². The maximum Gasteiger partial charge on any atom is 0.254 e. The van der Waals surface area contributed by atoms with Gasteiger partial charge in [-0.05, 0) is 79.3 Å². The molecular formula is C37H42FN3O2. The van der Waals surface area contributed by atoms with Crippen molar-refractivity contribution in [1.82, 2.24) is 14.4 Å². The van der Waals surface area contributed by atoms with Gasteiger partial charge in [-0.25, -0.2) is 4.39 Å². The highest BCUT2D eigenvalue weighted by Gasteiger charge is 2.30. The van der Waals surface area contributed by atoms with Gasteiger partial charge >= 0.3 is 0 Å². The van der Waals surface area contributed by atoms with Crippen molar-refractivity contribution in [1.29, 1.82) is 0 Å². The molecule has 224 valence electrons. The monoisotopic (exact) mass is 579 g/mol. The highest BCUT2D eigenvalue weighted by molar-refractivity contribution is 5.97. The molecule has 0 spiro atoms. The fraction of sp³-hybridized carbons (Fsp3) is 0.351. The molecule has 1 atom stereocenters. The van der Waals surface area contributed by atoms with Crippen LogP contribution >= 0.6 is 0 Å². The van der Waals surface area contributed by atoms with E-state index in [1.165, 1.54) is 18.6 Å². The quantitative estimate of drug-likeness (QED) is 0.181. The molecule has 4 aromatic rings. The van der Waals surface area contributed by atoms with Gasteiger partial charge in [-0.15, -0.1) is 0 Å². The summed E-state index contributed by atoms with van der Waals surface area (Å²) in [5.41, 5.74) is 4.77. The Hall–Kier alpha value is -4.19. The fourth-order valence-corrected chi connectivity index (χ4v) is 6.01. The summed E-state index contributed by atoms with van der Waals surface area (Å²) in [6, 6.07) is 28.4. The van der Waals surface area contributed by atoms with Crippen LogP contribution < -0.4 is 0 Å². The lowest BCUT2D eigenvalue weighted by Gasteiger charge is -2.37. The molecule has 5 nitrogen and oxygen atoms in total. The average molecular weight is 580 g/mol. The number of halogens is 1. The summed E-state index contributed by atoms with van der Waals surface area (Å²) in [4.78, 5) is 31.8. The van der Waals surface area contributed by atoms with Crippen molar-refractivity contribution >= 4 is 11.8 Å². The molecule has 5 rings (SSSR count). The van der Waals surface area contributed by atoms with Crippen LogP contribution in [0.2, 0.25) is 0 Å². The smallest absolute Gasteiger partial charge is 0.254 e. The molecule has 1 unspecified atom stereocenters. The second-order valence-electron chi connectivity index (χ2n) is 11.7. The van der Waals surface area contributed by atoms with E-state index in [-0.39, 0.29) is 36.3 Å². The Labute approximate surface area is 254 Å². The molecule has 0 bridgehead atoms. The molecule has 1 heterocycles. The number of amides is 2. The molecule has 6 heteroatoms. The number of carbonyl (C=O) groups excluding carboxylic acids is 2. The first-order valence-corrected chi connectivity index (χ1v) is 15.6. The summed E-state index contributed by atoms with van der Waals surface area (Å²) in [5.74, 6) is -0.389. The van der Waals surface area contributed by atoms with Crippen LogP contribution in [0.4, 0.5) is 4.39 Å². The Bertz CT molecular complexity index is 1470. The lowest BCUT2D eigenvalue weighted by Crippen LogP contribution is -2.49. The van der Waals surface area contributed by atoms with Crippen molar-refractivity contribution in [2.75, 3.05) is 6.54 Å². The second-order valence-corrected chi connectivity index (χ2v) is 11.7. The lowest BCUT2D eigenvalue weighted by molar-refractivity contribution is -0.136. The van der Waals surface area contributed by atoms with Gasteiger partial charge in [-0.3, -0.25) is 9.59 Å². The summed E-state index contributed by atoms with van der Waals surface area (Å²) in [5, 5.41) is 0. The first-order chi connectivity index (χ1) is 20.9. The predicted molar refractivity (Wildman–Crippen MR) is 170 cm³/mol. The molecule has 1 aliphatic carbocycles. The predicted octanol–water partition coefficient (Wildman–Crippen LogP) is 7.94. The summed E-state index contributed by atoms with van der Waals surface area (Å²) in [7, 11) is 0. The third-order valence-electron chi connectivity index (χ3n) is 8.79. The minimum Gasteiger partial charge on any atom is -0.345 e. The summed E-state index contributed by atoms with van der Waals surface area (Å²) in [6.07, 6.45) is 8.11. The highest BCUT2D eigenvalue weighted by Crippen LogP contribution is 2.26. The Kier molecular flexibility index (Phi) is 10.1. The number of nitrogens with zero attached hydrogens (tertiary/aromatic N) is 3. The molecule has 0 aliphatic heterocycles. The number of carbonyl (C=O) groups is 2. The van der Waals surface area contributed by atoms with Gasteiger partial charge in [0.15, 0.2) is 0 Å². The van der Waals surface area contributed by atoms with E-state index in [0.29, 0.717) is 18.7 Å². The van der Waals surface area contributed by atoms with Crippen LogP contribution in [0.25, 0.3) is 11.1 Å². The third kappa shape index (κ3) is 7.61. The number of hydrogen-bond donors (Lipinski definition) is 0. The van der Waals surface area contributed by atoms with Gasteiger partial charge in [0.05, 0.1) is 6.54 Å². The zero-order valence-corrected chi connectivity index (χ0v) is 25.3. The zero-order valence-electron chi connectivity index (χ0n) is 25.3. The van der Waals surface area contributed by atoms with Crippen LogP contribution in [-0.4, -0.2) is 44.8 Å². The molecule has 0 N–H and O–H groups in total. The van der Waals surface area contributed by atoms with E-state index in [1.54, 1.807) is 17.0 Å². The van der Waals surface area contributed by atoms with Crippen LogP contribution in [-0.2, 0) is 17.9 Å². The largest absolute Gasteiger partial charge is 0.345 e. The highest BCUT2D eigenvalue weighted by atomic mass is 19.1. The van der Waals surface area contributed by atoms with E-state index in [1.807, 2.05) is 66.6 Å². The average Bonchev–Trinajstić information content (AvgIpc) is 3.50. The number of benzene rings is 3. The Balaban J connectivity index is 1.35. The Morgan fingerprint density at radius 1 is 0.860 bits per heavy atom. The molecule has 1 aromatic heterocycles. The summed E-state index contributed by atoms with van der Waals surface area (Å²) >= 11 is 0. The number of aromatic nitrogens is 1. The van der Waals surface area contributed by atoms with Crippen LogP contribution in [0, 0.1) is 5.82 Å². The van der Waals surface area contributed by atoms with Crippen LogP contribution in [0.3, 0.4) is 0 Å². The SMILES string of the molecule is CCC(C)N(CC(=O)N(Cc1cccn1Cc1ccc(F)cc1)C1CCCCC1)C(=O)c1ccc(-c2ccccc2)cc1. The fourth-order valence-electron chi connectivity index (χ4n) is 6.01. The lowest BCUT2D eigenvalue weighted by atomic mass is 9.94. The molecule has 0 saturated heterocycles. The van der Waals surface area contributed by atoms with Crippen molar-refractivity contribution in [3.63, 3.8) is 0 Å².